The molecule has 6 nitrogen and oxygen atoms in total. The second kappa shape index (κ2) is 13.4. The predicted octanol–water partition coefficient (Wildman–Crippen LogP) is 4.19. The minimum Gasteiger partial charge on any atom is -0.378 e. The van der Waals surface area contributed by atoms with E-state index in [4.69, 9.17) is 18.4 Å². The van der Waals surface area contributed by atoms with Gasteiger partial charge in [-0.1, -0.05) is 51.6 Å². The topological polar surface area (TPSA) is 71.1 Å². The van der Waals surface area contributed by atoms with E-state index in [1.54, 1.807) is 12.1 Å². The third kappa shape index (κ3) is 11.3. The quantitative estimate of drug-likeness (QED) is 0.186. The number of benzene rings is 1. The molecule has 31 heavy (non-hydrogen) atoms. The lowest BCUT2D eigenvalue weighted by atomic mass is 10.2. The lowest BCUT2D eigenvalue weighted by Crippen LogP contribution is -2.35. The van der Waals surface area contributed by atoms with E-state index in [9.17, 15) is 8.42 Å². The van der Waals surface area contributed by atoms with Crippen molar-refractivity contribution >= 4 is 18.2 Å². The van der Waals surface area contributed by atoms with Crippen LogP contribution < -0.4 is 0 Å². The van der Waals surface area contributed by atoms with E-state index >= 15 is 0 Å². The molecule has 0 N–H and O–H groups in total. The smallest absolute Gasteiger partial charge is 0.297 e. The number of rotatable bonds is 13. The summed E-state index contributed by atoms with van der Waals surface area (Å²) < 4.78 is 45.3. The summed E-state index contributed by atoms with van der Waals surface area (Å²) in [5.74, 6) is 3.26. The third-order valence-electron chi connectivity index (χ3n) is 5.17. The Morgan fingerprint density at radius 2 is 1.32 bits per heavy atom. The van der Waals surface area contributed by atoms with Gasteiger partial charge in [0.1, 0.15) is 8.07 Å². The monoisotopic (exact) mass is 470 g/mol. The lowest BCUT2D eigenvalue weighted by molar-refractivity contribution is 0.0106. The Morgan fingerprint density at radius 1 is 0.839 bits per heavy atom. The molecule has 0 unspecified atom stereocenters. The van der Waals surface area contributed by atoms with Crippen LogP contribution in [-0.4, -0.2) is 62.7 Å². The minimum absolute atomic E-state index is 0.0325. The maximum absolute atomic E-state index is 12.0. The number of ether oxygens (including phenoxy) is 3. The fraction of sp³-hybridized carbons (Fsp3) is 0.652. The highest BCUT2D eigenvalue weighted by Gasteiger charge is 2.33. The van der Waals surface area contributed by atoms with Gasteiger partial charge in [0.25, 0.3) is 10.1 Å². The molecule has 0 fully saturated rings. The van der Waals surface area contributed by atoms with Crippen molar-refractivity contribution < 1.29 is 26.8 Å². The van der Waals surface area contributed by atoms with Crippen molar-refractivity contribution in [3.8, 4) is 11.5 Å². The van der Waals surface area contributed by atoms with Crippen molar-refractivity contribution in [1.29, 1.82) is 0 Å². The summed E-state index contributed by atoms with van der Waals surface area (Å²) in [5.41, 5.74) is 4.46. The summed E-state index contributed by atoms with van der Waals surface area (Å²) in [6.07, 6.45) is 0.737. The first kappa shape index (κ1) is 27.8. The lowest BCUT2D eigenvalue weighted by Gasteiger charge is -2.31. The van der Waals surface area contributed by atoms with Crippen LogP contribution in [0.25, 0.3) is 0 Å². The fourth-order valence-corrected chi connectivity index (χ4v) is 3.95. The highest BCUT2D eigenvalue weighted by atomic mass is 32.2. The highest BCUT2D eigenvalue weighted by Crippen LogP contribution is 2.35. The van der Waals surface area contributed by atoms with Crippen molar-refractivity contribution in [2.24, 2.45) is 0 Å². The van der Waals surface area contributed by atoms with Gasteiger partial charge in [0.2, 0.25) is 0 Å². The normalized spacial score (nSPS) is 12.5. The summed E-state index contributed by atoms with van der Waals surface area (Å²) in [4.78, 5) is 0.146. The summed E-state index contributed by atoms with van der Waals surface area (Å²) in [6.45, 7) is 15.8. The standard InChI is InChI=1S/C23H38O6SSi/c1-21-9-11-22(12-10-21)30(24,25)29-19-18-28-17-16-27-15-14-26-13-7-8-20-31(5,6)23(2,3)4/h9-12H,7,13-19H2,1-6H3. The van der Waals surface area contributed by atoms with E-state index in [0.717, 1.165) is 12.0 Å². The Kier molecular flexibility index (Phi) is 12.0. The Balaban J connectivity index is 2.00. The molecule has 0 amide bonds. The van der Waals surface area contributed by atoms with E-state index in [-0.39, 0.29) is 23.1 Å². The molecule has 0 aromatic heterocycles. The second-order valence-electron chi connectivity index (χ2n) is 8.85. The van der Waals surface area contributed by atoms with Crippen LogP contribution in [0.1, 0.15) is 32.8 Å². The number of hydrogen-bond donors (Lipinski definition) is 0. The van der Waals surface area contributed by atoms with Gasteiger partial charge < -0.3 is 14.2 Å². The molecule has 0 saturated carbocycles. The first-order chi connectivity index (χ1) is 14.5. The van der Waals surface area contributed by atoms with Gasteiger partial charge in [-0.05, 0) is 24.1 Å². The van der Waals surface area contributed by atoms with Crippen molar-refractivity contribution in [2.75, 3.05) is 46.2 Å². The number of aryl methyl sites for hydroxylation is 1. The summed E-state index contributed by atoms with van der Waals surface area (Å²) in [5, 5.41) is 0.276. The van der Waals surface area contributed by atoms with Crippen LogP contribution in [-0.2, 0) is 28.5 Å². The van der Waals surface area contributed by atoms with E-state index in [1.807, 2.05) is 6.92 Å². The predicted molar refractivity (Wildman–Crippen MR) is 126 cm³/mol. The molecule has 0 bridgehead atoms. The third-order valence-corrected chi connectivity index (χ3v) is 11.0. The van der Waals surface area contributed by atoms with Crippen molar-refractivity contribution in [2.45, 2.75) is 57.1 Å². The maximum Gasteiger partial charge on any atom is 0.297 e. The molecule has 0 saturated heterocycles. The molecule has 8 heteroatoms. The van der Waals surface area contributed by atoms with Gasteiger partial charge in [-0.2, -0.15) is 8.42 Å². The van der Waals surface area contributed by atoms with E-state index in [1.165, 1.54) is 12.1 Å². The number of hydrogen-bond acceptors (Lipinski definition) is 6. The van der Waals surface area contributed by atoms with Gasteiger partial charge in [0.05, 0.1) is 51.1 Å². The largest absolute Gasteiger partial charge is 0.378 e. The van der Waals surface area contributed by atoms with E-state index in [0.29, 0.717) is 33.0 Å². The molecule has 0 spiro atoms. The van der Waals surface area contributed by atoms with Gasteiger partial charge in [0.15, 0.2) is 0 Å². The molecular weight excluding hydrogens is 432 g/mol. The van der Waals surface area contributed by atoms with E-state index in [2.05, 4.69) is 45.3 Å². The van der Waals surface area contributed by atoms with Crippen molar-refractivity contribution in [1.82, 2.24) is 0 Å². The summed E-state index contributed by atoms with van der Waals surface area (Å²) in [6, 6.07) is 6.53. The van der Waals surface area contributed by atoms with Crippen LogP contribution in [0.4, 0.5) is 0 Å². The fourth-order valence-electron chi connectivity index (χ4n) is 2.11. The highest BCUT2D eigenvalue weighted by molar-refractivity contribution is 7.86. The Morgan fingerprint density at radius 3 is 1.84 bits per heavy atom. The van der Waals surface area contributed by atoms with Crippen LogP contribution >= 0.6 is 0 Å². The molecular formula is C23H38O6SSi. The molecule has 176 valence electrons. The minimum atomic E-state index is -3.74. The first-order valence-corrected chi connectivity index (χ1v) is 15.1. The molecule has 1 aromatic carbocycles. The summed E-state index contributed by atoms with van der Waals surface area (Å²) >= 11 is 0. The van der Waals surface area contributed by atoms with E-state index < -0.39 is 18.2 Å². The Labute approximate surface area is 189 Å². The zero-order valence-electron chi connectivity index (χ0n) is 19.8. The summed E-state index contributed by atoms with van der Waals surface area (Å²) in [7, 11) is -5.28. The van der Waals surface area contributed by atoms with Crippen LogP contribution in [0.2, 0.25) is 18.1 Å². The van der Waals surface area contributed by atoms with Crippen LogP contribution in [0.5, 0.6) is 0 Å². The first-order valence-electron chi connectivity index (χ1n) is 10.6. The van der Waals surface area contributed by atoms with Gasteiger partial charge in [0, 0.05) is 6.42 Å². The molecule has 0 atom stereocenters. The molecule has 0 aliphatic heterocycles. The van der Waals surface area contributed by atoms with Crippen molar-refractivity contribution in [3.63, 3.8) is 0 Å². The average Bonchev–Trinajstić information content (AvgIpc) is 2.67. The van der Waals surface area contributed by atoms with Gasteiger partial charge >= 0.3 is 0 Å². The van der Waals surface area contributed by atoms with Gasteiger partial charge in [-0.25, -0.2) is 0 Å². The average molecular weight is 471 g/mol. The molecule has 0 aliphatic rings. The molecule has 1 aromatic rings. The zero-order chi connectivity index (χ0) is 23.4. The second-order valence-corrected chi connectivity index (χ2v) is 15.5. The van der Waals surface area contributed by atoms with Crippen molar-refractivity contribution in [3.05, 3.63) is 29.8 Å². The molecule has 0 heterocycles. The maximum atomic E-state index is 12.0. The Hall–Kier alpha value is -1.21. The zero-order valence-corrected chi connectivity index (χ0v) is 21.6. The van der Waals surface area contributed by atoms with Gasteiger partial charge in [-0.15, -0.1) is 11.5 Å². The van der Waals surface area contributed by atoms with Crippen LogP contribution in [0, 0.1) is 18.4 Å². The molecule has 0 radical (unpaired) electrons. The van der Waals surface area contributed by atoms with Crippen LogP contribution in [0.15, 0.2) is 29.2 Å². The van der Waals surface area contributed by atoms with Gasteiger partial charge in [-0.3, -0.25) is 4.18 Å². The molecule has 0 aliphatic carbocycles. The van der Waals surface area contributed by atoms with Crippen LogP contribution in [0.3, 0.4) is 0 Å². The molecule has 1 rings (SSSR count). The SMILES string of the molecule is Cc1ccc(S(=O)(=O)OCCOCCOCCOCCC#C[Si](C)(C)C(C)(C)C)cc1. The Bertz CT molecular complexity index is 801.